The van der Waals surface area contributed by atoms with Gasteiger partial charge in [0, 0.05) is 4.47 Å². The third-order valence-corrected chi connectivity index (χ3v) is 7.90. The molecule has 0 unspecified atom stereocenters. The van der Waals surface area contributed by atoms with E-state index in [9.17, 15) is 0 Å². The van der Waals surface area contributed by atoms with Crippen LogP contribution in [-0.4, -0.2) is 0 Å². The summed E-state index contributed by atoms with van der Waals surface area (Å²) in [6, 6.07) is 8.93. The summed E-state index contributed by atoms with van der Waals surface area (Å²) in [4.78, 5) is 0. The summed E-state index contributed by atoms with van der Waals surface area (Å²) in [7, 11) is 0. The van der Waals surface area contributed by atoms with Crippen LogP contribution in [0.3, 0.4) is 0 Å². The Hall–Kier alpha value is -0.300. The van der Waals surface area contributed by atoms with E-state index in [4.69, 9.17) is 0 Å². The van der Waals surface area contributed by atoms with E-state index in [1.54, 1.807) is 0 Å². The average molecular weight is 419 g/mol. The van der Waals surface area contributed by atoms with Gasteiger partial charge in [0.25, 0.3) is 0 Å². The molecule has 146 valence electrons. The molecule has 2 saturated carbocycles. The van der Waals surface area contributed by atoms with Crippen LogP contribution in [0.4, 0.5) is 0 Å². The van der Waals surface area contributed by atoms with E-state index in [0.29, 0.717) is 0 Å². The van der Waals surface area contributed by atoms with Crippen LogP contribution in [0.5, 0.6) is 0 Å². The van der Waals surface area contributed by atoms with Crippen LogP contribution in [0.1, 0.15) is 96.0 Å². The lowest BCUT2D eigenvalue weighted by Crippen LogP contribution is -2.18. The molecule has 0 nitrogen and oxygen atoms in total. The van der Waals surface area contributed by atoms with E-state index in [1.165, 1.54) is 99.9 Å². The molecule has 0 heterocycles. The Balaban J connectivity index is 1.27. The largest absolute Gasteiger partial charge is 0.0654 e. The molecule has 2 aliphatic carbocycles. The third-order valence-electron chi connectivity index (χ3n) is 7.37. The summed E-state index contributed by atoms with van der Waals surface area (Å²) in [5, 5.41) is 0. The van der Waals surface area contributed by atoms with Crippen molar-refractivity contribution in [2.75, 3.05) is 0 Å². The normalized spacial score (nSPS) is 29.6. The van der Waals surface area contributed by atoms with Crippen molar-refractivity contribution < 1.29 is 0 Å². The predicted molar refractivity (Wildman–Crippen MR) is 118 cm³/mol. The zero-order valence-electron chi connectivity index (χ0n) is 16.9. The topological polar surface area (TPSA) is 0 Å². The Bertz CT molecular complexity index is 489. The second-order valence-corrected chi connectivity index (χ2v) is 10.2. The average Bonchev–Trinajstić information content (AvgIpc) is 2.68. The van der Waals surface area contributed by atoms with Crippen molar-refractivity contribution in [3.8, 4) is 0 Å². The van der Waals surface area contributed by atoms with E-state index in [-0.39, 0.29) is 0 Å². The highest BCUT2D eigenvalue weighted by Gasteiger charge is 2.24. The molecule has 1 aromatic carbocycles. The lowest BCUT2D eigenvalue weighted by atomic mass is 9.74. The Morgan fingerprint density at radius 3 is 1.54 bits per heavy atom. The van der Waals surface area contributed by atoms with Gasteiger partial charge in [-0.2, -0.15) is 0 Å². The van der Waals surface area contributed by atoms with E-state index >= 15 is 0 Å². The Morgan fingerprint density at radius 1 is 0.654 bits per heavy atom. The van der Waals surface area contributed by atoms with Gasteiger partial charge in [0.2, 0.25) is 0 Å². The predicted octanol–water partition coefficient (Wildman–Crippen LogP) is 8.57. The van der Waals surface area contributed by atoms with Gasteiger partial charge < -0.3 is 0 Å². The number of hydrogen-bond acceptors (Lipinski definition) is 0. The Labute approximate surface area is 170 Å². The number of benzene rings is 1. The van der Waals surface area contributed by atoms with Gasteiger partial charge in [-0.1, -0.05) is 112 Å². The number of rotatable bonds is 8. The first kappa shape index (κ1) is 20.4. The highest BCUT2D eigenvalue weighted by Crippen LogP contribution is 2.38. The molecule has 0 N–H and O–H groups in total. The molecule has 0 atom stereocenters. The Morgan fingerprint density at radius 2 is 1.08 bits per heavy atom. The molecular weight excluding hydrogens is 380 g/mol. The van der Waals surface area contributed by atoms with Gasteiger partial charge in [-0.25, -0.2) is 0 Å². The minimum atomic E-state index is 0.986. The van der Waals surface area contributed by atoms with Crippen molar-refractivity contribution in [3.63, 3.8) is 0 Å². The molecule has 0 spiro atoms. The van der Waals surface area contributed by atoms with Crippen molar-refractivity contribution >= 4 is 15.9 Å². The quantitative estimate of drug-likeness (QED) is 0.396. The van der Waals surface area contributed by atoms with Gasteiger partial charge in [0.1, 0.15) is 0 Å². The maximum absolute atomic E-state index is 3.53. The van der Waals surface area contributed by atoms with Crippen LogP contribution in [0.2, 0.25) is 0 Å². The van der Waals surface area contributed by atoms with Crippen LogP contribution in [0.15, 0.2) is 28.7 Å². The lowest BCUT2D eigenvalue weighted by Gasteiger charge is -2.32. The summed E-state index contributed by atoms with van der Waals surface area (Å²) in [6.45, 7) is 2.35. The lowest BCUT2D eigenvalue weighted by molar-refractivity contribution is 0.209. The van der Waals surface area contributed by atoms with Crippen molar-refractivity contribution in [1.82, 2.24) is 0 Å². The second kappa shape index (κ2) is 10.9. The summed E-state index contributed by atoms with van der Waals surface area (Å²) in [5.41, 5.74) is 1.51. The summed E-state index contributed by atoms with van der Waals surface area (Å²) in [6.07, 6.45) is 20.7. The van der Waals surface area contributed by atoms with Crippen LogP contribution >= 0.6 is 15.9 Å². The summed E-state index contributed by atoms with van der Waals surface area (Å²) >= 11 is 3.53. The molecule has 0 saturated heterocycles. The van der Waals surface area contributed by atoms with Gasteiger partial charge in [0.05, 0.1) is 0 Å². The minimum absolute atomic E-state index is 0.986. The fraction of sp³-hybridized carbons (Fsp3) is 0.760. The molecule has 0 bridgehead atoms. The smallest absolute Gasteiger partial charge is 0.0175 e. The fourth-order valence-electron chi connectivity index (χ4n) is 5.52. The van der Waals surface area contributed by atoms with Crippen molar-refractivity contribution in [1.29, 1.82) is 0 Å². The monoisotopic (exact) mass is 418 g/mol. The highest BCUT2D eigenvalue weighted by molar-refractivity contribution is 9.10. The number of hydrogen-bond donors (Lipinski definition) is 0. The highest BCUT2D eigenvalue weighted by atomic mass is 79.9. The van der Waals surface area contributed by atoms with Crippen molar-refractivity contribution in [2.24, 2.45) is 23.7 Å². The molecule has 1 aromatic rings. The molecule has 0 amide bonds. The van der Waals surface area contributed by atoms with Crippen LogP contribution in [0.25, 0.3) is 0 Å². The third kappa shape index (κ3) is 6.70. The molecule has 2 fully saturated rings. The maximum atomic E-state index is 3.53. The van der Waals surface area contributed by atoms with E-state index in [0.717, 1.165) is 23.7 Å². The Kier molecular flexibility index (Phi) is 8.56. The maximum Gasteiger partial charge on any atom is 0.0175 e. The van der Waals surface area contributed by atoms with Crippen molar-refractivity contribution in [3.05, 3.63) is 34.3 Å². The molecule has 0 radical (unpaired) electrons. The number of halogens is 1. The molecule has 0 aliphatic heterocycles. The van der Waals surface area contributed by atoms with Crippen LogP contribution in [-0.2, 0) is 6.42 Å². The van der Waals surface area contributed by atoms with Crippen LogP contribution in [0, 0.1) is 23.7 Å². The molecule has 26 heavy (non-hydrogen) atoms. The second-order valence-electron chi connectivity index (χ2n) is 9.30. The molecular formula is C25H39Br. The van der Waals surface area contributed by atoms with Gasteiger partial charge in [-0.05, 0) is 54.2 Å². The first-order valence-corrected chi connectivity index (χ1v) is 12.3. The van der Waals surface area contributed by atoms with E-state index < -0.39 is 0 Å². The van der Waals surface area contributed by atoms with E-state index in [2.05, 4.69) is 47.1 Å². The molecule has 0 aromatic heterocycles. The van der Waals surface area contributed by atoms with Gasteiger partial charge in [-0.15, -0.1) is 0 Å². The molecule has 1 heteroatoms. The first-order valence-electron chi connectivity index (χ1n) is 11.5. The van der Waals surface area contributed by atoms with Gasteiger partial charge >= 0.3 is 0 Å². The van der Waals surface area contributed by atoms with E-state index in [1.807, 2.05) is 0 Å². The SMILES string of the molecule is CCCC1CCC(CCC2CCC(CCc3ccc(Br)cc3)CC2)CC1. The minimum Gasteiger partial charge on any atom is -0.0654 e. The summed E-state index contributed by atoms with van der Waals surface area (Å²) in [5.74, 6) is 4.17. The zero-order valence-corrected chi connectivity index (χ0v) is 18.5. The standard InChI is InChI=1S/C25H39Br/c1-2-3-20-4-6-21(7-5-20)8-9-22-10-12-23(13-11-22)14-15-24-16-18-25(26)19-17-24/h16-23H,2-15H2,1H3. The number of aryl methyl sites for hydroxylation is 1. The molecule has 3 rings (SSSR count). The van der Waals surface area contributed by atoms with Crippen molar-refractivity contribution in [2.45, 2.75) is 96.8 Å². The van der Waals surface area contributed by atoms with Gasteiger partial charge in [0.15, 0.2) is 0 Å². The fourth-order valence-corrected chi connectivity index (χ4v) is 5.78. The zero-order chi connectivity index (χ0) is 18.2. The molecule has 2 aliphatic rings. The van der Waals surface area contributed by atoms with Crippen LogP contribution < -0.4 is 0 Å². The van der Waals surface area contributed by atoms with Gasteiger partial charge in [-0.3, -0.25) is 0 Å². The first-order chi connectivity index (χ1) is 12.7. The summed E-state index contributed by atoms with van der Waals surface area (Å²) < 4.78 is 1.20.